The molecule has 33 heavy (non-hydrogen) atoms. The van der Waals surface area contributed by atoms with Crippen LogP contribution in [-0.2, 0) is 10.0 Å². The lowest BCUT2D eigenvalue weighted by molar-refractivity contribution is 0.382. The van der Waals surface area contributed by atoms with Crippen LogP contribution in [0, 0.1) is 20.8 Å². The van der Waals surface area contributed by atoms with Crippen LogP contribution in [-0.4, -0.2) is 56.0 Å². The second-order valence-corrected chi connectivity index (χ2v) is 9.84. The molecule has 1 saturated heterocycles. The molecule has 1 aliphatic heterocycles. The zero-order valence-corrected chi connectivity index (χ0v) is 20.1. The third-order valence-corrected chi connectivity index (χ3v) is 7.90. The van der Waals surface area contributed by atoms with Crippen molar-refractivity contribution in [2.45, 2.75) is 25.7 Å². The van der Waals surface area contributed by atoms with Crippen LogP contribution in [0.5, 0.6) is 17.4 Å². The largest absolute Gasteiger partial charge is 0.496 e. The van der Waals surface area contributed by atoms with Gasteiger partial charge in [0.05, 0.1) is 12.0 Å². The number of anilines is 1. The maximum Gasteiger partial charge on any atom is 0.243 e. The van der Waals surface area contributed by atoms with E-state index in [-0.39, 0.29) is 0 Å². The number of hydrogen-bond acceptors (Lipinski definition) is 7. The second-order valence-electron chi connectivity index (χ2n) is 7.93. The van der Waals surface area contributed by atoms with E-state index in [1.807, 2.05) is 51.1 Å². The van der Waals surface area contributed by atoms with Gasteiger partial charge < -0.3 is 14.4 Å². The standard InChI is InChI=1S/C24H28N4O4S/c1-17-18(2)22(11-10-21(17)31-4)33(29,30)28-14-12-27(13-15-28)23-16-24(26-19(3)25-23)32-20-8-6-5-7-9-20/h5-11,16H,12-15H2,1-4H3. The number of para-hydroxylation sites is 1. The molecule has 4 rings (SSSR count). The Hall–Kier alpha value is -3.17. The summed E-state index contributed by atoms with van der Waals surface area (Å²) in [6.45, 7) is 7.28. The molecule has 0 amide bonds. The van der Waals surface area contributed by atoms with Gasteiger partial charge in [-0.25, -0.2) is 13.4 Å². The van der Waals surface area contributed by atoms with Crippen LogP contribution in [0.1, 0.15) is 17.0 Å². The van der Waals surface area contributed by atoms with Crippen LogP contribution in [0.25, 0.3) is 0 Å². The number of benzene rings is 2. The summed E-state index contributed by atoms with van der Waals surface area (Å²) in [6.07, 6.45) is 0. The average molecular weight is 469 g/mol. The van der Waals surface area contributed by atoms with E-state index in [4.69, 9.17) is 9.47 Å². The summed E-state index contributed by atoms with van der Waals surface area (Å²) >= 11 is 0. The maximum atomic E-state index is 13.3. The van der Waals surface area contributed by atoms with Gasteiger partial charge in [-0.3, -0.25) is 0 Å². The van der Waals surface area contributed by atoms with E-state index >= 15 is 0 Å². The Bertz CT molecular complexity index is 1240. The fourth-order valence-corrected chi connectivity index (χ4v) is 5.62. The Morgan fingerprint density at radius 1 is 0.879 bits per heavy atom. The van der Waals surface area contributed by atoms with Gasteiger partial charge in [0.25, 0.3) is 0 Å². The van der Waals surface area contributed by atoms with E-state index in [0.29, 0.717) is 59.8 Å². The summed E-state index contributed by atoms with van der Waals surface area (Å²) in [4.78, 5) is 11.3. The van der Waals surface area contributed by atoms with Crippen LogP contribution in [0.15, 0.2) is 53.4 Å². The third-order valence-electron chi connectivity index (χ3n) is 5.85. The highest BCUT2D eigenvalue weighted by atomic mass is 32.2. The number of piperazine rings is 1. The predicted octanol–water partition coefficient (Wildman–Crippen LogP) is 3.71. The van der Waals surface area contributed by atoms with Crippen molar-refractivity contribution in [3.63, 3.8) is 0 Å². The van der Waals surface area contributed by atoms with Crippen molar-refractivity contribution in [2.24, 2.45) is 0 Å². The molecule has 0 saturated carbocycles. The molecule has 0 bridgehead atoms. The number of aryl methyl sites for hydroxylation is 1. The average Bonchev–Trinajstić information content (AvgIpc) is 2.81. The van der Waals surface area contributed by atoms with Crippen molar-refractivity contribution in [2.75, 3.05) is 38.2 Å². The molecule has 174 valence electrons. The molecule has 1 aromatic heterocycles. The Balaban J connectivity index is 1.49. The molecule has 8 nitrogen and oxygen atoms in total. The van der Waals surface area contributed by atoms with E-state index in [0.717, 1.165) is 11.4 Å². The number of ether oxygens (including phenoxy) is 2. The first-order valence-corrected chi connectivity index (χ1v) is 12.2. The molecule has 0 spiro atoms. The Morgan fingerprint density at radius 2 is 1.58 bits per heavy atom. The number of aromatic nitrogens is 2. The lowest BCUT2D eigenvalue weighted by Crippen LogP contribution is -2.49. The number of hydrogen-bond donors (Lipinski definition) is 0. The normalized spacial score (nSPS) is 14.8. The molecular formula is C24H28N4O4S. The summed E-state index contributed by atoms with van der Waals surface area (Å²) < 4.78 is 39.4. The van der Waals surface area contributed by atoms with Crippen molar-refractivity contribution in [1.82, 2.24) is 14.3 Å². The molecule has 2 heterocycles. The van der Waals surface area contributed by atoms with E-state index in [9.17, 15) is 8.42 Å². The topological polar surface area (TPSA) is 84.9 Å². The zero-order valence-electron chi connectivity index (χ0n) is 19.3. The first-order valence-electron chi connectivity index (χ1n) is 10.8. The van der Waals surface area contributed by atoms with Crippen LogP contribution in [0.4, 0.5) is 5.82 Å². The third kappa shape index (κ3) is 4.79. The Kier molecular flexibility index (Phi) is 6.53. The van der Waals surface area contributed by atoms with Gasteiger partial charge in [-0.15, -0.1) is 0 Å². The van der Waals surface area contributed by atoms with E-state index in [1.54, 1.807) is 25.3 Å². The van der Waals surface area contributed by atoms with Gasteiger partial charge in [0.2, 0.25) is 15.9 Å². The van der Waals surface area contributed by atoms with Crippen molar-refractivity contribution in [3.05, 3.63) is 65.5 Å². The highest BCUT2D eigenvalue weighted by molar-refractivity contribution is 7.89. The second kappa shape index (κ2) is 9.36. The highest BCUT2D eigenvalue weighted by Gasteiger charge is 2.31. The van der Waals surface area contributed by atoms with Gasteiger partial charge >= 0.3 is 0 Å². The van der Waals surface area contributed by atoms with Crippen LogP contribution < -0.4 is 14.4 Å². The molecular weight excluding hydrogens is 440 g/mol. The molecule has 3 aromatic rings. The molecule has 0 radical (unpaired) electrons. The number of rotatable bonds is 6. The monoisotopic (exact) mass is 468 g/mol. The quantitative estimate of drug-likeness (QED) is 0.545. The summed E-state index contributed by atoms with van der Waals surface area (Å²) in [7, 11) is -2.03. The zero-order chi connectivity index (χ0) is 23.6. The van der Waals surface area contributed by atoms with Crippen molar-refractivity contribution < 1.29 is 17.9 Å². The summed E-state index contributed by atoms with van der Waals surface area (Å²) in [5.41, 5.74) is 1.55. The maximum absolute atomic E-state index is 13.3. The Labute approximate surface area is 194 Å². The fraction of sp³-hybridized carbons (Fsp3) is 0.333. The molecule has 1 aliphatic rings. The van der Waals surface area contributed by atoms with E-state index in [1.165, 1.54) is 4.31 Å². The minimum absolute atomic E-state index is 0.325. The Morgan fingerprint density at radius 3 is 2.24 bits per heavy atom. The van der Waals surface area contributed by atoms with Crippen LogP contribution >= 0.6 is 0 Å². The molecule has 0 aliphatic carbocycles. The van der Waals surface area contributed by atoms with Gasteiger partial charge in [-0.1, -0.05) is 18.2 Å². The lowest BCUT2D eigenvalue weighted by atomic mass is 10.1. The number of nitrogens with zero attached hydrogens (tertiary/aromatic N) is 4. The van der Waals surface area contributed by atoms with Crippen LogP contribution in [0.2, 0.25) is 0 Å². The lowest BCUT2D eigenvalue weighted by Gasteiger charge is -2.35. The molecule has 0 N–H and O–H groups in total. The van der Waals surface area contributed by atoms with E-state index < -0.39 is 10.0 Å². The number of sulfonamides is 1. The summed E-state index contributed by atoms with van der Waals surface area (Å²) in [5.74, 6) is 3.16. The van der Waals surface area contributed by atoms with Crippen LogP contribution in [0.3, 0.4) is 0 Å². The first kappa shape index (κ1) is 23.0. The smallest absolute Gasteiger partial charge is 0.243 e. The molecule has 1 fully saturated rings. The predicted molar refractivity (Wildman–Crippen MR) is 127 cm³/mol. The van der Waals surface area contributed by atoms with Crippen molar-refractivity contribution in [3.8, 4) is 17.4 Å². The van der Waals surface area contributed by atoms with E-state index in [2.05, 4.69) is 14.9 Å². The van der Waals surface area contributed by atoms with Gasteiger partial charge in [0.15, 0.2) is 0 Å². The van der Waals surface area contributed by atoms with Gasteiger partial charge in [-0.2, -0.15) is 9.29 Å². The summed E-state index contributed by atoms with van der Waals surface area (Å²) in [6, 6.07) is 14.6. The SMILES string of the molecule is COc1ccc(S(=O)(=O)N2CCN(c3cc(Oc4ccccc4)nc(C)n3)CC2)c(C)c1C. The van der Waals surface area contributed by atoms with Gasteiger partial charge in [0, 0.05) is 32.2 Å². The van der Waals surface area contributed by atoms with Gasteiger partial charge in [-0.05, 0) is 56.2 Å². The molecule has 0 atom stereocenters. The molecule has 9 heteroatoms. The van der Waals surface area contributed by atoms with Crippen molar-refractivity contribution >= 4 is 15.8 Å². The summed E-state index contributed by atoms with van der Waals surface area (Å²) in [5, 5.41) is 0. The van der Waals surface area contributed by atoms with Gasteiger partial charge in [0.1, 0.15) is 23.1 Å². The first-order chi connectivity index (χ1) is 15.8. The minimum Gasteiger partial charge on any atom is -0.496 e. The molecule has 0 unspecified atom stereocenters. The highest BCUT2D eigenvalue weighted by Crippen LogP contribution is 2.30. The van der Waals surface area contributed by atoms with Crippen molar-refractivity contribution in [1.29, 1.82) is 0 Å². The molecule has 2 aromatic carbocycles. The minimum atomic E-state index is -3.61. The fourth-order valence-electron chi connectivity index (χ4n) is 3.92. The number of methoxy groups -OCH3 is 1.